The summed E-state index contributed by atoms with van der Waals surface area (Å²) in [5, 5.41) is 0. The summed E-state index contributed by atoms with van der Waals surface area (Å²) in [6.07, 6.45) is 4.40. The van der Waals surface area contributed by atoms with Crippen molar-refractivity contribution in [3.8, 4) is 0 Å². The molecule has 0 bridgehead atoms. The maximum atomic E-state index is 12.1. The fraction of sp³-hybridized carbons (Fsp3) is 0.615. The van der Waals surface area contributed by atoms with Gasteiger partial charge in [0.25, 0.3) is 5.56 Å². The van der Waals surface area contributed by atoms with E-state index < -0.39 is 10.0 Å². The zero-order valence-electron chi connectivity index (χ0n) is 11.8. The predicted octanol–water partition coefficient (Wildman–Crippen LogP) is 0.668. The lowest BCUT2D eigenvalue weighted by Crippen LogP contribution is -2.31. The first kappa shape index (κ1) is 15.2. The monoisotopic (exact) mass is 300 g/mol. The Bertz CT molecular complexity index is 616. The van der Waals surface area contributed by atoms with Gasteiger partial charge in [0.15, 0.2) is 0 Å². The predicted molar refractivity (Wildman–Crippen MR) is 75.2 cm³/mol. The lowest BCUT2D eigenvalue weighted by atomic mass is 10.1. The third-order valence-corrected chi connectivity index (χ3v) is 5.21. The first-order valence-corrected chi connectivity index (χ1v) is 8.10. The molecule has 1 unspecified atom stereocenters. The van der Waals surface area contributed by atoms with Gasteiger partial charge in [0, 0.05) is 33.0 Å². The van der Waals surface area contributed by atoms with Crippen LogP contribution in [0.2, 0.25) is 0 Å². The Hall–Kier alpha value is -1.18. The molecule has 1 saturated heterocycles. The summed E-state index contributed by atoms with van der Waals surface area (Å²) in [7, 11) is -0.590. The number of hydrogen-bond acceptors (Lipinski definition) is 4. The molecule has 112 valence electrons. The van der Waals surface area contributed by atoms with Crippen LogP contribution in [0.3, 0.4) is 0 Å². The van der Waals surface area contributed by atoms with E-state index in [0.717, 1.165) is 23.6 Å². The normalized spacial score (nSPS) is 20.2. The molecule has 0 saturated carbocycles. The molecule has 7 heteroatoms. The Labute approximate surface area is 119 Å². The first-order chi connectivity index (χ1) is 9.41. The molecule has 0 spiro atoms. The van der Waals surface area contributed by atoms with Crippen molar-refractivity contribution in [1.82, 2.24) is 8.87 Å². The van der Waals surface area contributed by atoms with E-state index >= 15 is 0 Å². The lowest BCUT2D eigenvalue weighted by molar-refractivity contribution is 0.00531. The zero-order chi connectivity index (χ0) is 14.8. The Balaban J connectivity index is 2.27. The summed E-state index contributed by atoms with van der Waals surface area (Å²) >= 11 is 0. The van der Waals surface area contributed by atoms with Crippen LogP contribution < -0.4 is 5.56 Å². The second kappa shape index (κ2) is 6.07. The van der Waals surface area contributed by atoms with Crippen LogP contribution in [0.15, 0.2) is 28.0 Å². The van der Waals surface area contributed by atoms with Crippen LogP contribution in [0.1, 0.15) is 19.3 Å². The Morgan fingerprint density at radius 2 is 2.10 bits per heavy atom. The fourth-order valence-electron chi connectivity index (χ4n) is 2.19. The molecule has 0 radical (unpaired) electrons. The highest BCUT2D eigenvalue weighted by Crippen LogP contribution is 2.15. The second-order valence-electron chi connectivity index (χ2n) is 5.13. The molecule has 6 nitrogen and oxygen atoms in total. The van der Waals surface area contributed by atoms with E-state index in [4.69, 9.17) is 4.74 Å². The van der Waals surface area contributed by atoms with Crippen molar-refractivity contribution < 1.29 is 13.2 Å². The summed E-state index contributed by atoms with van der Waals surface area (Å²) < 4.78 is 32.3. The minimum absolute atomic E-state index is 0.0150. The molecule has 1 atom stereocenters. The van der Waals surface area contributed by atoms with Gasteiger partial charge in [-0.1, -0.05) is 0 Å². The van der Waals surface area contributed by atoms with Gasteiger partial charge in [0.05, 0.1) is 17.5 Å². The second-order valence-corrected chi connectivity index (χ2v) is 7.28. The van der Waals surface area contributed by atoms with Gasteiger partial charge >= 0.3 is 0 Å². The van der Waals surface area contributed by atoms with E-state index in [0.29, 0.717) is 13.2 Å². The highest BCUT2D eigenvalue weighted by molar-refractivity contribution is 7.89. The van der Waals surface area contributed by atoms with Gasteiger partial charge in [0.2, 0.25) is 10.0 Å². The summed E-state index contributed by atoms with van der Waals surface area (Å²) in [4.78, 5) is 12.0. The average molecular weight is 300 g/mol. The molecule has 0 aliphatic carbocycles. The van der Waals surface area contributed by atoms with Crippen molar-refractivity contribution in [2.45, 2.75) is 36.8 Å². The Morgan fingerprint density at radius 3 is 2.70 bits per heavy atom. The molecule has 1 fully saturated rings. The molecule has 0 amide bonds. The van der Waals surface area contributed by atoms with Crippen molar-refractivity contribution in [2.24, 2.45) is 0 Å². The van der Waals surface area contributed by atoms with E-state index in [1.807, 2.05) is 0 Å². The van der Waals surface area contributed by atoms with Crippen LogP contribution >= 0.6 is 0 Å². The smallest absolute Gasteiger partial charge is 0.250 e. The van der Waals surface area contributed by atoms with E-state index in [-0.39, 0.29) is 16.6 Å². The lowest BCUT2D eigenvalue weighted by Gasteiger charge is -2.23. The fourth-order valence-corrected chi connectivity index (χ4v) is 3.11. The number of ether oxygens (including phenoxy) is 1. The topological polar surface area (TPSA) is 68.6 Å². The van der Waals surface area contributed by atoms with E-state index in [1.165, 1.54) is 37.0 Å². The molecule has 1 aliphatic rings. The quantitative estimate of drug-likeness (QED) is 0.819. The van der Waals surface area contributed by atoms with Gasteiger partial charge in [-0.3, -0.25) is 4.79 Å². The van der Waals surface area contributed by atoms with Gasteiger partial charge in [-0.15, -0.1) is 0 Å². The maximum absolute atomic E-state index is 12.1. The van der Waals surface area contributed by atoms with Crippen molar-refractivity contribution in [3.05, 3.63) is 28.7 Å². The summed E-state index contributed by atoms with van der Waals surface area (Å²) in [6.45, 7) is 1.10. The number of nitrogens with zero attached hydrogens (tertiary/aromatic N) is 2. The van der Waals surface area contributed by atoms with Crippen molar-refractivity contribution in [1.29, 1.82) is 0 Å². The minimum atomic E-state index is -3.52. The van der Waals surface area contributed by atoms with Gasteiger partial charge in [0.1, 0.15) is 0 Å². The van der Waals surface area contributed by atoms with Gasteiger partial charge in [-0.2, -0.15) is 0 Å². The van der Waals surface area contributed by atoms with Crippen molar-refractivity contribution >= 4 is 10.0 Å². The SMILES string of the molecule is CN(C)S(=O)(=O)c1ccc(=O)n(CC2CCCCO2)c1. The third kappa shape index (κ3) is 3.28. The standard InChI is InChI=1S/C13H20N2O4S/c1-14(2)20(17,18)12-6-7-13(16)15(10-12)9-11-5-3-4-8-19-11/h6-7,10-11H,3-5,8-9H2,1-2H3. The zero-order valence-corrected chi connectivity index (χ0v) is 12.6. The summed E-state index contributed by atoms with van der Waals surface area (Å²) in [5.74, 6) is 0. The first-order valence-electron chi connectivity index (χ1n) is 6.66. The van der Waals surface area contributed by atoms with E-state index in [2.05, 4.69) is 0 Å². The maximum Gasteiger partial charge on any atom is 0.250 e. The largest absolute Gasteiger partial charge is 0.376 e. The molecular formula is C13H20N2O4S. The number of rotatable bonds is 4. The van der Waals surface area contributed by atoms with Crippen LogP contribution in [-0.2, 0) is 21.3 Å². The summed E-state index contributed by atoms with van der Waals surface area (Å²) in [5.41, 5.74) is -0.211. The summed E-state index contributed by atoms with van der Waals surface area (Å²) in [6, 6.07) is 2.63. The molecule has 20 heavy (non-hydrogen) atoms. The number of pyridine rings is 1. The van der Waals surface area contributed by atoms with Crippen molar-refractivity contribution in [2.75, 3.05) is 20.7 Å². The third-order valence-electron chi connectivity index (χ3n) is 3.41. The van der Waals surface area contributed by atoms with E-state index in [9.17, 15) is 13.2 Å². The van der Waals surface area contributed by atoms with Crippen molar-refractivity contribution in [3.63, 3.8) is 0 Å². The molecule has 2 rings (SSSR count). The van der Waals surface area contributed by atoms with Gasteiger partial charge in [-0.05, 0) is 25.3 Å². The molecule has 1 aliphatic heterocycles. The van der Waals surface area contributed by atoms with Gasteiger partial charge in [-0.25, -0.2) is 12.7 Å². The Morgan fingerprint density at radius 1 is 1.35 bits per heavy atom. The number of sulfonamides is 1. The molecule has 2 heterocycles. The van der Waals surface area contributed by atoms with Crippen LogP contribution in [0, 0.1) is 0 Å². The molecule has 0 N–H and O–H groups in total. The molecule has 1 aromatic rings. The van der Waals surface area contributed by atoms with Crippen LogP contribution in [0.25, 0.3) is 0 Å². The van der Waals surface area contributed by atoms with E-state index in [1.54, 1.807) is 0 Å². The molecule has 0 aromatic carbocycles. The number of aromatic nitrogens is 1. The highest BCUT2D eigenvalue weighted by atomic mass is 32.2. The minimum Gasteiger partial charge on any atom is -0.376 e. The van der Waals surface area contributed by atoms with Gasteiger partial charge < -0.3 is 9.30 Å². The van der Waals surface area contributed by atoms with Crippen LogP contribution in [0.4, 0.5) is 0 Å². The molecule has 1 aromatic heterocycles. The Kier molecular flexibility index (Phi) is 4.62. The number of hydrogen-bond donors (Lipinski definition) is 0. The molecular weight excluding hydrogens is 280 g/mol. The van der Waals surface area contributed by atoms with Crippen LogP contribution in [0.5, 0.6) is 0 Å². The van der Waals surface area contributed by atoms with Crippen LogP contribution in [-0.4, -0.2) is 44.1 Å². The average Bonchev–Trinajstić information content (AvgIpc) is 2.42. The highest BCUT2D eigenvalue weighted by Gasteiger charge is 2.20.